The van der Waals surface area contributed by atoms with Gasteiger partial charge in [-0.05, 0) is 68.5 Å². The standard InChI is InChI=1S/C27H33N3O/c1-19-28-27-25(30(19)18-20-8-11-23(31-3)12-9-20)13-10-21-6-4-5-7-24(21)26(27)22-14-16-29(2)17-15-22/h4-9,11-12,19,28H,10,13-18H2,1-3H3. The van der Waals surface area contributed by atoms with Crippen LogP contribution in [0, 0.1) is 0 Å². The highest BCUT2D eigenvalue weighted by Gasteiger charge is 2.34. The summed E-state index contributed by atoms with van der Waals surface area (Å²) in [6, 6.07) is 17.6. The summed E-state index contributed by atoms with van der Waals surface area (Å²) in [7, 11) is 3.96. The highest BCUT2D eigenvalue weighted by Crippen LogP contribution is 2.42. The zero-order valence-electron chi connectivity index (χ0n) is 18.9. The second-order valence-electron chi connectivity index (χ2n) is 9.06. The molecule has 1 atom stereocenters. The van der Waals surface area contributed by atoms with Gasteiger partial charge in [-0.1, -0.05) is 42.0 Å². The van der Waals surface area contributed by atoms with Gasteiger partial charge in [0.15, 0.2) is 0 Å². The number of allylic oxidation sites excluding steroid dienone is 2. The van der Waals surface area contributed by atoms with Gasteiger partial charge < -0.3 is 19.9 Å². The van der Waals surface area contributed by atoms with E-state index in [0.717, 1.165) is 51.1 Å². The molecular weight excluding hydrogens is 382 g/mol. The number of hydrogen-bond acceptors (Lipinski definition) is 4. The second-order valence-corrected chi connectivity index (χ2v) is 9.06. The molecule has 2 aromatic rings. The fourth-order valence-electron chi connectivity index (χ4n) is 5.27. The summed E-state index contributed by atoms with van der Waals surface area (Å²) in [5, 5.41) is 3.90. The lowest BCUT2D eigenvalue weighted by atomic mass is 9.89. The minimum absolute atomic E-state index is 0.291. The Kier molecular flexibility index (Phi) is 5.49. The predicted molar refractivity (Wildman–Crippen MR) is 127 cm³/mol. The van der Waals surface area contributed by atoms with Crippen LogP contribution in [0.1, 0.15) is 42.9 Å². The highest BCUT2D eigenvalue weighted by atomic mass is 16.5. The first-order chi connectivity index (χ1) is 15.1. The van der Waals surface area contributed by atoms with Crippen molar-refractivity contribution in [3.63, 3.8) is 0 Å². The van der Waals surface area contributed by atoms with Crippen LogP contribution in [0.5, 0.6) is 5.75 Å². The molecule has 0 amide bonds. The normalized spacial score (nSPS) is 21.5. The molecule has 1 saturated heterocycles. The number of aryl methyl sites for hydroxylation is 1. The van der Waals surface area contributed by atoms with Crippen LogP contribution < -0.4 is 10.1 Å². The fraction of sp³-hybridized carbons (Fsp3) is 0.407. The summed E-state index contributed by atoms with van der Waals surface area (Å²) in [5.74, 6) is 0.912. The smallest absolute Gasteiger partial charge is 0.118 e. The van der Waals surface area contributed by atoms with Gasteiger partial charge in [0, 0.05) is 30.9 Å². The van der Waals surface area contributed by atoms with E-state index in [1.165, 1.54) is 33.7 Å². The third-order valence-corrected chi connectivity index (χ3v) is 7.08. The van der Waals surface area contributed by atoms with Crippen molar-refractivity contribution >= 4 is 5.57 Å². The Bertz CT molecular complexity index is 1010. The average molecular weight is 416 g/mol. The van der Waals surface area contributed by atoms with Crippen molar-refractivity contribution < 1.29 is 4.74 Å². The van der Waals surface area contributed by atoms with Crippen molar-refractivity contribution in [3.05, 3.63) is 82.2 Å². The van der Waals surface area contributed by atoms with Crippen molar-refractivity contribution in [3.8, 4) is 5.75 Å². The molecule has 31 heavy (non-hydrogen) atoms. The lowest BCUT2D eigenvalue weighted by molar-refractivity contribution is 0.261. The van der Waals surface area contributed by atoms with Crippen molar-refractivity contribution in [2.75, 3.05) is 27.2 Å². The summed E-state index contributed by atoms with van der Waals surface area (Å²) >= 11 is 0. The SMILES string of the molecule is COc1ccc(CN2C3=C(NC2C)C(=C2CCN(C)CC2)c2ccccc2CC3)cc1. The van der Waals surface area contributed by atoms with Gasteiger partial charge in [-0.25, -0.2) is 0 Å². The van der Waals surface area contributed by atoms with Gasteiger partial charge >= 0.3 is 0 Å². The molecule has 162 valence electrons. The van der Waals surface area contributed by atoms with Crippen LogP contribution in [0.4, 0.5) is 0 Å². The fourth-order valence-corrected chi connectivity index (χ4v) is 5.27. The third-order valence-electron chi connectivity index (χ3n) is 7.08. The number of piperidine rings is 1. The molecule has 3 aliphatic rings. The Hall–Kier alpha value is -2.72. The molecule has 4 heteroatoms. The molecule has 1 fully saturated rings. The highest BCUT2D eigenvalue weighted by molar-refractivity contribution is 5.84. The molecule has 1 unspecified atom stereocenters. The largest absolute Gasteiger partial charge is 0.497 e. The first-order valence-electron chi connectivity index (χ1n) is 11.5. The third kappa shape index (κ3) is 3.85. The van der Waals surface area contributed by atoms with Crippen LogP contribution in [0.15, 0.2) is 65.5 Å². The van der Waals surface area contributed by atoms with Crippen LogP contribution in [-0.4, -0.2) is 43.2 Å². The topological polar surface area (TPSA) is 27.7 Å². The van der Waals surface area contributed by atoms with Gasteiger partial charge in [-0.3, -0.25) is 0 Å². The zero-order chi connectivity index (χ0) is 21.4. The van der Waals surface area contributed by atoms with Crippen molar-refractivity contribution in [2.45, 2.75) is 45.3 Å². The monoisotopic (exact) mass is 415 g/mol. The van der Waals surface area contributed by atoms with E-state index in [2.05, 4.69) is 77.6 Å². The minimum atomic E-state index is 0.291. The molecular formula is C27H33N3O. The number of hydrogen-bond donors (Lipinski definition) is 1. The number of rotatable bonds is 3. The van der Waals surface area contributed by atoms with Crippen LogP contribution >= 0.6 is 0 Å². The Morgan fingerprint density at radius 3 is 2.45 bits per heavy atom. The van der Waals surface area contributed by atoms with Crippen LogP contribution in [-0.2, 0) is 13.0 Å². The molecule has 0 bridgehead atoms. The second kappa shape index (κ2) is 8.43. The Morgan fingerprint density at radius 2 is 1.71 bits per heavy atom. The summed E-state index contributed by atoms with van der Waals surface area (Å²) in [6.07, 6.45) is 4.78. The molecule has 2 aromatic carbocycles. The molecule has 0 radical (unpaired) electrons. The number of benzene rings is 2. The minimum Gasteiger partial charge on any atom is -0.497 e. The number of ether oxygens (including phenoxy) is 1. The Labute approximate surface area is 186 Å². The first-order valence-corrected chi connectivity index (χ1v) is 11.5. The molecule has 1 aliphatic carbocycles. The van der Waals surface area contributed by atoms with Crippen molar-refractivity contribution in [1.29, 1.82) is 0 Å². The quantitative estimate of drug-likeness (QED) is 0.781. The summed E-state index contributed by atoms with van der Waals surface area (Å²) in [6.45, 7) is 5.50. The van der Waals surface area contributed by atoms with E-state index in [1.807, 2.05) is 0 Å². The van der Waals surface area contributed by atoms with E-state index in [4.69, 9.17) is 4.74 Å². The van der Waals surface area contributed by atoms with E-state index in [0.29, 0.717) is 6.17 Å². The average Bonchev–Trinajstić information content (AvgIpc) is 3.00. The van der Waals surface area contributed by atoms with Gasteiger partial charge in [0.1, 0.15) is 5.75 Å². The zero-order valence-corrected chi connectivity index (χ0v) is 18.9. The Balaban J connectivity index is 1.55. The van der Waals surface area contributed by atoms with Gasteiger partial charge in [0.2, 0.25) is 0 Å². The molecule has 5 rings (SSSR count). The number of likely N-dealkylation sites (tertiary alicyclic amines) is 1. The lowest BCUT2D eigenvalue weighted by Crippen LogP contribution is -2.34. The van der Waals surface area contributed by atoms with Gasteiger partial charge in [-0.2, -0.15) is 0 Å². The number of nitrogens with zero attached hydrogens (tertiary/aromatic N) is 2. The van der Waals surface area contributed by atoms with Gasteiger partial charge in [0.05, 0.1) is 19.0 Å². The molecule has 0 aromatic heterocycles. The van der Waals surface area contributed by atoms with E-state index < -0.39 is 0 Å². The molecule has 0 saturated carbocycles. The number of methoxy groups -OCH3 is 1. The predicted octanol–water partition coefficient (Wildman–Crippen LogP) is 4.78. The lowest BCUT2D eigenvalue weighted by Gasteiger charge is -2.28. The summed E-state index contributed by atoms with van der Waals surface area (Å²) < 4.78 is 5.34. The molecule has 4 nitrogen and oxygen atoms in total. The number of nitrogens with one attached hydrogen (secondary N) is 1. The molecule has 0 spiro atoms. The molecule has 1 N–H and O–H groups in total. The maximum absolute atomic E-state index is 5.34. The van der Waals surface area contributed by atoms with Crippen LogP contribution in [0.2, 0.25) is 0 Å². The van der Waals surface area contributed by atoms with E-state index in [9.17, 15) is 0 Å². The maximum Gasteiger partial charge on any atom is 0.118 e. The van der Waals surface area contributed by atoms with Gasteiger partial charge in [-0.15, -0.1) is 0 Å². The van der Waals surface area contributed by atoms with E-state index >= 15 is 0 Å². The molecule has 2 heterocycles. The number of fused-ring (bicyclic) bond motifs is 1. The van der Waals surface area contributed by atoms with E-state index in [1.54, 1.807) is 12.7 Å². The van der Waals surface area contributed by atoms with Gasteiger partial charge in [0.25, 0.3) is 0 Å². The first kappa shape index (κ1) is 20.2. The summed E-state index contributed by atoms with van der Waals surface area (Å²) in [5.41, 5.74) is 10.2. The van der Waals surface area contributed by atoms with Crippen molar-refractivity contribution in [1.82, 2.24) is 15.1 Å². The summed E-state index contributed by atoms with van der Waals surface area (Å²) in [4.78, 5) is 5.02. The van der Waals surface area contributed by atoms with Crippen LogP contribution in [0.3, 0.4) is 0 Å². The molecule has 2 aliphatic heterocycles. The van der Waals surface area contributed by atoms with Crippen LogP contribution in [0.25, 0.3) is 5.57 Å². The van der Waals surface area contributed by atoms with Crippen molar-refractivity contribution in [2.24, 2.45) is 0 Å². The maximum atomic E-state index is 5.34. The Morgan fingerprint density at radius 1 is 0.968 bits per heavy atom. The van der Waals surface area contributed by atoms with E-state index in [-0.39, 0.29) is 0 Å².